The van der Waals surface area contributed by atoms with Gasteiger partial charge in [0.1, 0.15) is 11.6 Å². The second kappa shape index (κ2) is 8.14. The van der Waals surface area contributed by atoms with Crippen molar-refractivity contribution in [3.05, 3.63) is 78.1 Å². The maximum absolute atomic E-state index is 13.2. The van der Waals surface area contributed by atoms with Gasteiger partial charge in [0.25, 0.3) is 5.91 Å². The summed E-state index contributed by atoms with van der Waals surface area (Å²) >= 11 is 0. The van der Waals surface area contributed by atoms with Crippen molar-refractivity contribution in [1.82, 2.24) is 24.7 Å². The Labute approximate surface area is 178 Å². The number of rotatable bonds is 3. The van der Waals surface area contributed by atoms with Crippen LogP contribution in [-0.4, -0.2) is 56.8 Å². The zero-order valence-electron chi connectivity index (χ0n) is 16.9. The van der Waals surface area contributed by atoms with Crippen LogP contribution in [0.15, 0.2) is 66.7 Å². The number of carbonyl (C=O) groups is 1. The molecular formula is C23H21FN6O. The van der Waals surface area contributed by atoms with Crippen LogP contribution in [0.3, 0.4) is 0 Å². The van der Waals surface area contributed by atoms with Crippen molar-refractivity contribution in [1.29, 1.82) is 0 Å². The Hall–Kier alpha value is -3.81. The SMILES string of the molecule is O=C(c1ccc(F)cc1)N1CCCN(c2ccc3nnc(-c4ccccc4)n3n2)CC1. The van der Waals surface area contributed by atoms with Gasteiger partial charge in [-0.3, -0.25) is 4.79 Å². The van der Waals surface area contributed by atoms with Crippen molar-refractivity contribution >= 4 is 17.4 Å². The number of nitrogens with zero attached hydrogens (tertiary/aromatic N) is 6. The molecule has 0 N–H and O–H groups in total. The Morgan fingerprint density at radius 2 is 1.65 bits per heavy atom. The van der Waals surface area contributed by atoms with Gasteiger partial charge in [-0.1, -0.05) is 30.3 Å². The summed E-state index contributed by atoms with van der Waals surface area (Å²) in [6, 6.07) is 19.4. The molecule has 0 bridgehead atoms. The lowest BCUT2D eigenvalue weighted by atomic mass is 10.2. The lowest BCUT2D eigenvalue weighted by molar-refractivity contribution is 0.0767. The minimum absolute atomic E-state index is 0.0737. The van der Waals surface area contributed by atoms with E-state index in [-0.39, 0.29) is 11.7 Å². The molecule has 0 unspecified atom stereocenters. The number of benzene rings is 2. The van der Waals surface area contributed by atoms with Crippen LogP contribution in [0.25, 0.3) is 17.0 Å². The van der Waals surface area contributed by atoms with Crippen molar-refractivity contribution < 1.29 is 9.18 Å². The Morgan fingerprint density at radius 3 is 2.45 bits per heavy atom. The van der Waals surface area contributed by atoms with E-state index in [1.54, 1.807) is 4.52 Å². The molecule has 7 nitrogen and oxygen atoms in total. The first-order valence-corrected chi connectivity index (χ1v) is 10.3. The highest BCUT2D eigenvalue weighted by Gasteiger charge is 2.22. The largest absolute Gasteiger partial charge is 0.353 e. The first-order chi connectivity index (χ1) is 15.2. The molecule has 5 rings (SSSR count). The Morgan fingerprint density at radius 1 is 0.839 bits per heavy atom. The quantitative estimate of drug-likeness (QED) is 0.513. The Balaban J connectivity index is 1.36. The van der Waals surface area contributed by atoms with E-state index in [0.29, 0.717) is 36.7 Å². The lowest BCUT2D eigenvalue weighted by Crippen LogP contribution is -2.35. The van der Waals surface area contributed by atoms with Crippen LogP contribution in [-0.2, 0) is 0 Å². The third-order valence-corrected chi connectivity index (χ3v) is 5.48. The molecule has 0 saturated carbocycles. The topological polar surface area (TPSA) is 66.6 Å². The average Bonchev–Trinajstić information content (AvgIpc) is 3.07. The molecule has 1 fully saturated rings. The summed E-state index contributed by atoms with van der Waals surface area (Å²) in [5.74, 6) is 1.10. The summed E-state index contributed by atoms with van der Waals surface area (Å²) in [7, 11) is 0. The molecule has 31 heavy (non-hydrogen) atoms. The van der Waals surface area contributed by atoms with Crippen LogP contribution in [0.2, 0.25) is 0 Å². The second-order valence-corrected chi connectivity index (χ2v) is 7.49. The third-order valence-electron chi connectivity index (χ3n) is 5.48. The van der Waals surface area contributed by atoms with Crippen molar-refractivity contribution in [3.63, 3.8) is 0 Å². The molecule has 1 aliphatic heterocycles. The zero-order valence-corrected chi connectivity index (χ0v) is 16.9. The van der Waals surface area contributed by atoms with Gasteiger partial charge in [-0.25, -0.2) is 4.39 Å². The molecule has 2 aromatic carbocycles. The maximum atomic E-state index is 13.2. The summed E-state index contributed by atoms with van der Waals surface area (Å²) in [6.45, 7) is 2.67. The van der Waals surface area contributed by atoms with Gasteiger partial charge in [0, 0.05) is 37.3 Å². The van der Waals surface area contributed by atoms with E-state index in [1.165, 1.54) is 24.3 Å². The number of fused-ring (bicyclic) bond motifs is 1. The van der Waals surface area contributed by atoms with Gasteiger partial charge < -0.3 is 9.80 Å². The molecule has 1 aliphatic rings. The number of amides is 1. The molecule has 4 aromatic rings. The summed E-state index contributed by atoms with van der Waals surface area (Å²) in [6.07, 6.45) is 0.820. The van der Waals surface area contributed by atoms with E-state index in [0.717, 1.165) is 24.3 Å². The third kappa shape index (κ3) is 3.84. The molecule has 1 amide bonds. The van der Waals surface area contributed by atoms with E-state index in [1.807, 2.05) is 47.4 Å². The monoisotopic (exact) mass is 416 g/mol. The first-order valence-electron chi connectivity index (χ1n) is 10.3. The predicted octanol–water partition coefficient (Wildman–Crippen LogP) is 3.28. The van der Waals surface area contributed by atoms with Crippen molar-refractivity contribution in [2.45, 2.75) is 6.42 Å². The van der Waals surface area contributed by atoms with E-state index in [4.69, 9.17) is 5.10 Å². The van der Waals surface area contributed by atoms with Gasteiger partial charge in [-0.2, -0.15) is 4.52 Å². The van der Waals surface area contributed by atoms with E-state index >= 15 is 0 Å². The lowest BCUT2D eigenvalue weighted by Gasteiger charge is -2.23. The summed E-state index contributed by atoms with van der Waals surface area (Å²) in [4.78, 5) is 16.8. The summed E-state index contributed by atoms with van der Waals surface area (Å²) in [5, 5.41) is 13.3. The number of hydrogen-bond donors (Lipinski definition) is 0. The normalized spacial score (nSPS) is 14.6. The highest BCUT2D eigenvalue weighted by molar-refractivity contribution is 5.94. The number of aromatic nitrogens is 4. The average molecular weight is 416 g/mol. The van der Waals surface area contributed by atoms with E-state index < -0.39 is 0 Å². The standard InChI is InChI=1S/C23H21FN6O/c24-19-9-7-18(8-10-19)23(31)29-14-4-13-28(15-16-29)21-12-11-20-25-26-22(30(20)27-21)17-5-2-1-3-6-17/h1-3,5-12H,4,13-16H2. The molecule has 0 radical (unpaired) electrons. The highest BCUT2D eigenvalue weighted by atomic mass is 19.1. The van der Waals surface area contributed by atoms with E-state index in [2.05, 4.69) is 15.1 Å². The maximum Gasteiger partial charge on any atom is 0.253 e. The van der Waals surface area contributed by atoms with Crippen LogP contribution in [0.5, 0.6) is 0 Å². The predicted molar refractivity (Wildman–Crippen MR) is 115 cm³/mol. The van der Waals surface area contributed by atoms with Gasteiger partial charge in [-0.15, -0.1) is 15.3 Å². The van der Waals surface area contributed by atoms with Gasteiger partial charge >= 0.3 is 0 Å². The molecular weight excluding hydrogens is 395 g/mol. The minimum Gasteiger partial charge on any atom is -0.353 e. The molecule has 0 aliphatic carbocycles. The van der Waals surface area contributed by atoms with Gasteiger partial charge in [-0.05, 0) is 42.8 Å². The minimum atomic E-state index is -0.344. The van der Waals surface area contributed by atoms with Gasteiger partial charge in [0.05, 0.1) is 0 Å². The number of anilines is 1. The van der Waals surface area contributed by atoms with Crippen LogP contribution < -0.4 is 4.90 Å². The number of carbonyl (C=O) groups excluding carboxylic acids is 1. The summed E-state index contributed by atoms with van der Waals surface area (Å²) in [5.41, 5.74) is 2.14. The smallest absolute Gasteiger partial charge is 0.253 e. The fourth-order valence-corrected chi connectivity index (χ4v) is 3.84. The fraction of sp³-hybridized carbons (Fsp3) is 0.217. The van der Waals surface area contributed by atoms with E-state index in [9.17, 15) is 9.18 Å². The van der Waals surface area contributed by atoms with Crippen LogP contribution in [0.4, 0.5) is 10.2 Å². The molecule has 0 spiro atoms. The number of halogens is 1. The van der Waals surface area contributed by atoms with Crippen LogP contribution in [0, 0.1) is 5.82 Å². The Kier molecular flexibility index (Phi) is 5.03. The molecule has 1 saturated heterocycles. The highest BCUT2D eigenvalue weighted by Crippen LogP contribution is 2.20. The van der Waals surface area contributed by atoms with Crippen molar-refractivity contribution in [2.24, 2.45) is 0 Å². The molecule has 0 atom stereocenters. The summed E-state index contributed by atoms with van der Waals surface area (Å²) < 4.78 is 14.9. The van der Waals surface area contributed by atoms with Crippen LogP contribution in [0.1, 0.15) is 16.8 Å². The molecule has 2 aromatic heterocycles. The number of hydrogen-bond acceptors (Lipinski definition) is 5. The first kappa shape index (κ1) is 19.2. The second-order valence-electron chi connectivity index (χ2n) is 7.49. The van der Waals surface area contributed by atoms with Gasteiger partial charge in [0.2, 0.25) is 0 Å². The van der Waals surface area contributed by atoms with Crippen molar-refractivity contribution in [3.8, 4) is 11.4 Å². The molecule has 3 heterocycles. The fourth-order valence-electron chi connectivity index (χ4n) is 3.84. The molecule has 156 valence electrons. The van der Waals surface area contributed by atoms with Crippen LogP contribution >= 0.6 is 0 Å². The molecule has 8 heteroatoms. The Bertz CT molecular complexity index is 1210. The zero-order chi connectivity index (χ0) is 21.2. The van der Waals surface area contributed by atoms with Gasteiger partial charge in [0.15, 0.2) is 11.5 Å². The van der Waals surface area contributed by atoms with Crippen molar-refractivity contribution in [2.75, 3.05) is 31.1 Å².